The number of ether oxygens (including phenoxy) is 1. The molecule has 0 radical (unpaired) electrons. The number of carbonyl (C=O) groups excluding carboxylic acids is 3. The quantitative estimate of drug-likeness (QED) is 0.763. The fraction of sp³-hybridized carbons (Fsp3) is 0.412. The minimum absolute atomic E-state index is 0.00987. The van der Waals surface area contributed by atoms with Gasteiger partial charge in [0.15, 0.2) is 5.11 Å². The van der Waals surface area contributed by atoms with Crippen molar-refractivity contribution in [2.75, 3.05) is 11.9 Å². The lowest BCUT2D eigenvalue weighted by Gasteiger charge is -2.45. The zero-order chi connectivity index (χ0) is 19.1. The second kappa shape index (κ2) is 6.65. The van der Waals surface area contributed by atoms with Crippen molar-refractivity contribution in [3.05, 3.63) is 24.3 Å². The van der Waals surface area contributed by atoms with Crippen LogP contribution >= 0.6 is 12.2 Å². The highest BCUT2D eigenvalue weighted by Crippen LogP contribution is 2.33. The largest absolute Gasteiger partial charge is 0.492 e. The Morgan fingerprint density at radius 3 is 2.77 bits per heavy atom. The van der Waals surface area contributed by atoms with Crippen LogP contribution in [0.25, 0.3) is 0 Å². The lowest BCUT2D eigenvalue weighted by molar-refractivity contribution is -0.154. The lowest BCUT2D eigenvalue weighted by Crippen LogP contribution is -2.71. The first-order chi connectivity index (χ1) is 12.3. The second-order valence-corrected chi connectivity index (χ2v) is 6.89. The molecule has 0 saturated carbocycles. The highest BCUT2D eigenvalue weighted by Gasteiger charge is 2.56. The molecule has 9 heteroatoms. The van der Waals surface area contributed by atoms with E-state index in [4.69, 9.17) is 17.0 Å². The number of nitrogens with zero attached hydrogens (tertiary/aromatic N) is 2. The molecule has 3 amide bonds. The molecule has 1 aromatic rings. The van der Waals surface area contributed by atoms with Crippen molar-refractivity contribution in [1.29, 1.82) is 0 Å². The number of hydrogen-bond acceptors (Lipinski definition) is 6. The SMILES string of the molecule is CCOc1ccccc1NC(=O)C1CC(=O)N2C(=S)NC(=O)C(C)(C)N12. The molecule has 3 rings (SSSR count). The van der Waals surface area contributed by atoms with Crippen LogP contribution in [-0.2, 0) is 14.4 Å². The van der Waals surface area contributed by atoms with Gasteiger partial charge in [0, 0.05) is 0 Å². The molecule has 8 nitrogen and oxygen atoms in total. The summed E-state index contributed by atoms with van der Waals surface area (Å²) in [6.45, 7) is 5.59. The summed E-state index contributed by atoms with van der Waals surface area (Å²) in [4.78, 5) is 37.6. The molecule has 2 saturated heterocycles. The van der Waals surface area contributed by atoms with Gasteiger partial charge in [-0.25, -0.2) is 5.01 Å². The first kappa shape index (κ1) is 18.3. The summed E-state index contributed by atoms with van der Waals surface area (Å²) in [5.41, 5.74) is -0.595. The lowest BCUT2D eigenvalue weighted by atomic mass is 10.00. The van der Waals surface area contributed by atoms with E-state index in [1.807, 2.05) is 6.92 Å². The van der Waals surface area contributed by atoms with Crippen molar-refractivity contribution >= 4 is 40.7 Å². The van der Waals surface area contributed by atoms with Crippen LogP contribution in [0.4, 0.5) is 5.69 Å². The van der Waals surface area contributed by atoms with Gasteiger partial charge in [0.05, 0.1) is 18.7 Å². The van der Waals surface area contributed by atoms with Crippen LogP contribution in [0, 0.1) is 0 Å². The summed E-state index contributed by atoms with van der Waals surface area (Å²) in [6, 6.07) is 6.20. The van der Waals surface area contributed by atoms with Crippen LogP contribution in [0.15, 0.2) is 24.3 Å². The van der Waals surface area contributed by atoms with Crippen molar-refractivity contribution in [2.45, 2.75) is 38.8 Å². The summed E-state index contributed by atoms with van der Waals surface area (Å²) in [6.07, 6.45) is -0.0683. The van der Waals surface area contributed by atoms with Gasteiger partial charge in [-0.1, -0.05) is 12.1 Å². The van der Waals surface area contributed by atoms with Crippen molar-refractivity contribution in [3.63, 3.8) is 0 Å². The minimum Gasteiger partial charge on any atom is -0.492 e. The first-order valence-corrected chi connectivity index (χ1v) is 8.68. The standard InChI is InChI=1S/C17H20N4O4S/c1-4-25-12-8-6-5-7-10(12)18-14(23)11-9-13(22)20-16(26)19-15(24)17(2,3)21(11)20/h5-8,11H,4,9H2,1-3H3,(H,18,23)(H,19,24,26). The van der Waals surface area contributed by atoms with E-state index >= 15 is 0 Å². The Labute approximate surface area is 156 Å². The van der Waals surface area contributed by atoms with Crippen LogP contribution in [-0.4, -0.2) is 51.0 Å². The van der Waals surface area contributed by atoms with Gasteiger partial charge in [-0.05, 0) is 45.1 Å². The van der Waals surface area contributed by atoms with Crippen molar-refractivity contribution in [2.24, 2.45) is 0 Å². The van der Waals surface area contributed by atoms with Gasteiger partial charge in [-0.2, -0.15) is 5.01 Å². The van der Waals surface area contributed by atoms with E-state index in [0.29, 0.717) is 18.0 Å². The van der Waals surface area contributed by atoms with E-state index in [-0.39, 0.29) is 23.3 Å². The molecular weight excluding hydrogens is 356 g/mol. The van der Waals surface area contributed by atoms with Gasteiger partial charge in [0.2, 0.25) is 17.7 Å². The number of carbonyl (C=O) groups is 3. The Balaban J connectivity index is 1.89. The Bertz CT molecular complexity index is 795. The number of para-hydroxylation sites is 2. The van der Waals surface area contributed by atoms with E-state index < -0.39 is 17.5 Å². The van der Waals surface area contributed by atoms with E-state index in [2.05, 4.69) is 10.6 Å². The molecule has 2 aliphatic rings. The molecule has 0 bridgehead atoms. The van der Waals surface area contributed by atoms with Gasteiger partial charge in [0.1, 0.15) is 17.3 Å². The number of anilines is 1. The first-order valence-electron chi connectivity index (χ1n) is 8.27. The predicted molar refractivity (Wildman–Crippen MR) is 98.2 cm³/mol. The molecule has 2 fully saturated rings. The Hall–Kier alpha value is -2.52. The number of amides is 3. The predicted octanol–water partition coefficient (Wildman–Crippen LogP) is 1.04. The highest BCUT2D eigenvalue weighted by atomic mass is 32.1. The van der Waals surface area contributed by atoms with Crippen LogP contribution in [0.5, 0.6) is 5.75 Å². The number of hydrogen-bond donors (Lipinski definition) is 2. The third kappa shape index (κ3) is 2.93. The number of thiocarbonyl (C=S) groups is 1. The molecule has 1 aromatic carbocycles. The molecule has 26 heavy (non-hydrogen) atoms. The molecule has 2 aliphatic heterocycles. The van der Waals surface area contributed by atoms with Crippen molar-refractivity contribution in [3.8, 4) is 5.75 Å². The van der Waals surface area contributed by atoms with Crippen LogP contribution < -0.4 is 15.4 Å². The topological polar surface area (TPSA) is 91.0 Å². The number of rotatable bonds is 4. The maximum absolute atomic E-state index is 12.9. The van der Waals surface area contributed by atoms with E-state index in [1.54, 1.807) is 38.1 Å². The maximum Gasteiger partial charge on any atom is 0.248 e. The smallest absolute Gasteiger partial charge is 0.248 e. The van der Waals surface area contributed by atoms with E-state index in [0.717, 1.165) is 0 Å². The molecule has 2 heterocycles. The number of hydrazine groups is 1. The van der Waals surface area contributed by atoms with Crippen molar-refractivity contribution < 1.29 is 19.1 Å². The summed E-state index contributed by atoms with van der Waals surface area (Å²) >= 11 is 5.10. The molecule has 1 atom stereocenters. The molecule has 2 N–H and O–H groups in total. The van der Waals surface area contributed by atoms with Gasteiger partial charge in [0.25, 0.3) is 0 Å². The Morgan fingerprint density at radius 2 is 2.08 bits per heavy atom. The van der Waals surface area contributed by atoms with E-state index in [1.165, 1.54) is 10.0 Å². The molecule has 0 spiro atoms. The zero-order valence-electron chi connectivity index (χ0n) is 14.7. The van der Waals surface area contributed by atoms with Gasteiger partial charge < -0.3 is 10.1 Å². The van der Waals surface area contributed by atoms with Crippen LogP contribution in [0.2, 0.25) is 0 Å². The van der Waals surface area contributed by atoms with Gasteiger partial charge in [-0.15, -0.1) is 0 Å². The Kier molecular flexibility index (Phi) is 4.68. The van der Waals surface area contributed by atoms with E-state index in [9.17, 15) is 14.4 Å². The van der Waals surface area contributed by atoms with Crippen LogP contribution in [0.1, 0.15) is 27.2 Å². The highest BCUT2D eigenvalue weighted by molar-refractivity contribution is 7.80. The minimum atomic E-state index is -1.10. The molecule has 0 aromatic heterocycles. The Morgan fingerprint density at radius 1 is 1.38 bits per heavy atom. The summed E-state index contributed by atoms with van der Waals surface area (Å²) < 4.78 is 5.51. The zero-order valence-corrected chi connectivity index (χ0v) is 15.6. The fourth-order valence-electron chi connectivity index (χ4n) is 3.13. The summed E-state index contributed by atoms with van der Waals surface area (Å²) in [7, 11) is 0. The monoisotopic (exact) mass is 376 g/mol. The maximum atomic E-state index is 12.9. The third-order valence-electron chi connectivity index (χ3n) is 4.40. The average Bonchev–Trinajstić information content (AvgIpc) is 2.94. The summed E-state index contributed by atoms with van der Waals surface area (Å²) in [5.74, 6) is -0.559. The number of fused-ring (bicyclic) bond motifs is 1. The number of nitrogens with one attached hydrogen (secondary N) is 2. The molecular formula is C17H20N4O4S. The van der Waals surface area contributed by atoms with Gasteiger partial charge in [-0.3, -0.25) is 19.7 Å². The second-order valence-electron chi connectivity index (χ2n) is 6.51. The normalized spacial score (nSPS) is 22.0. The number of benzene rings is 1. The summed E-state index contributed by atoms with van der Waals surface area (Å²) in [5, 5.41) is 7.96. The average molecular weight is 376 g/mol. The van der Waals surface area contributed by atoms with Gasteiger partial charge >= 0.3 is 0 Å². The van der Waals surface area contributed by atoms with Crippen molar-refractivity contribution in [1.82, 2.24) is 15.3 Å². The fourth-order valence-corrected chi connectivity index (χ4v) is 3.41. The molecule has 0 aliphatic carbocycles. The van der Waals surface area contributed by atoms with Crippen LogP contribution in [0.3, 0.4) is 0 Å². The molecule has 1 unspecified atom stereocenters. The third-order valence-corrected chi connectivity index (χ3v) is 4.68. The molecule has 138 valence electrons.